The SMILES string of the molecule is C/C=C\C(=C/C)COC(=O)NC1CC(=O)N(C)C1=O. The van der Waals surface area contributed by atoms with E-state index in [0.29, 0.717) is 0 Å². The van der Waals surface area contributed by atoms with E-state index in [2.05, 4.69) is 5.32 Å². The molecule has 6 nitrogen and oxygen atoms in total. The minimum Gasteiger partial charge on any atom is -0.445 e. The van der Waals surface area contributed by atoms with Crippen LogP contribution in [0.15, 0.2) is 23.8 Å². The highest BCUT2D eigenvalue weighted by Gasteiger charge is 2.37. The zero-order valence-electron chi connectivity index (χ0n) is 11.3. The second-order valence-corrected chi connectivity index (χ2v) is 4.13. The van der Waals surface area contributed by atoms with Crippen LogP contribution >= 0.6 is 0 Å². The Balaban J connectivity index is 2.44. The average Bonchev–Trinajstić information content (AvgIpc) is 2.62. The van der Waals surface area contributed by atoms with Gasteiger partial charge in [0.1, 0.15) is 12.6 Å². The molecule has 0 radical (unpaired) electrons. The van der Waals surface area contributed by atoms with Gasteiger partial charge in [-0.25, -0.2) is 4.79 Å². The molecule has 1 aliphatic heterocycles. The Morgan fingerprint density at radius 3 is 2.63 bits per heavy atom. The van der Waals surface area contributed by atoms with Gasteiger partial charge >= 0.3 is 6.09 Å². The van der Waals surface area contributed by atoms with Gasteiger partial charge in [0.25, 0.3) is 5.91 Å². The first kappa shape index (κ1) is 14.9. The van der Waals surface area contributed by atoms with Crippen LogP contribution in [-0.2, 0) is 14.3 Å². The fourth-order valence-electron chi connectivity index (χ4n) is 1.64. The molecule has 1 aliphatic rings. The summed E-state index contributed by atoms with van der Waals surface area (Å²) < 4.78 is 4.98. The van der Waals surface area contributed by atoms with Crippen molar-refractivity contribution in [2.75, 3.05) is 13.7 Å². The molecule has 1 N–H and O–H groups in total. The summed E-state index contributed by atoms with van der Waals surface area (Å²) in [5.41, 5.74) is 0.851. The normalized spacial score (nSPS) is 20.3. The first-order valence-electron chi connectivity index (χ1n) is 6.01. The van der Waals surface area contributed by atoms with Gasteiger partial charge in [-0.15, -0.1) is 0 Å². The van der Waals surface area contributed by atoms with Crippen molar-refractivity contribution in [3.8, 4) is 0 Å². The summed E-state index contributed by atoms with van der Waals surface area (Å²) in [4.78, 5) is 35.3. The molecule has 0 saturated carbocycles. The number of imide groups is 1. The number of nitrogens with one attached hydrogen (secondary N) is 1. The fraction of sp³-hybridized carbons (Fsp3) is 0.462. The number of hydrogen-bond acceptors (Lipinski definition) is 4. The number of carbonyl (C=O) groups excluding carboxylic acids is 3. The predicted molar refractivity (Wildman–Crippen MR) is 69.2 cm³/mol. The molecule has 1 heterocycles. The Hall–Kier alpha value is -2.11. The molecule has 1 fully saturated rings. The summed E-state index contributed by atoms with van der Waals surface area (Å²) in [6, 6.07) is -0.819. The third-order valence-corrected chi connectivity index (χ3v) is 2.80. The molecule has 0 aliphatic carbocycles. The zero-order valence-corrected chi connectivity index (χ0v) is 11.3. The molecular formula is C13H18N2O4. The molecule has 6 heteroatoms. The molecule has 104 valence electrons. The third-order valence-electron chi connectivity index (χ3n) is 2.80. The maximum Gasteiger partial charge on any atom is 0.408 e. The van der Waals surface area contributed by atoms with Crippen LogP contribution in [-0.4, -0.2) is 42.5 Å². The maximum absolute atomic E-state index is 11.6. The van der Waals surface area contributed by atoms with Crippen molar-refractivity contribution in [2.24, 2.45) is 0 Å². The molecular weight excluding hydrogens is 248 g/mol. The van der Waals surface area contributed by atoms with Gasteiger partial charge in [-0.1, -0.05) is 18.2 Å². The van der Waals surface area contributed by atoms with Gasteiger partial charge in [0, 0.05) is 7.05 Å². The van der Waals surface area contributed by atoms with Gasteiger partial charge in [-0.3, -0.25) is 14.5 Å². The number of amides is 3. The van der Waals surface area contributed by atoms with Crippen LogP contribution in [0.25, 0.3) is 0 Å². The van der Waals surface area contributed by atoms with E-state index in [4.69, 9.17) is 4.74 Å². The van der Waals surface area contributed by atoms with Gasteiger partial charge in [-0.05, 0) is 19.4 Å². The summed E-state index contributed by atoms with van der Waals surface area (Å²) >= 11 is 0. The Morgan fingerprint density at radius 1 is 1.47 bits per heavy atom. The predicted octanol–water partition coefficient (Wildman–Crippen LogP) is 0.992. The Bertz CT molecular complexity index is 440. The lowest BCUT2D eigenvalue weighted by Gasteiger charge is -2.11. The highest BCUT2D eigenvalue weighted by Crippen LogP contribution is 2.10. The van der Waals surface area contributed by atoms with Gasteiger partial charge in [-0.2, -0.15) is 0 Å². The number of alkyl carbamates (subject to hydrolysis) is 1. The lowest BCUT2D eigenvalue weighted by atomic mass is 10.2. The number of allylic oxidation sites excluding steroid dienone is 2. The molecule has 0 bridgehead atoms. The molecule has 0 aromatic heterocycles. The van der Waals surface area contributed by atoms with Crippen molar-refractivity contribution in [2.45, 2.75) is 26.3 Å². The molecule has 1 saturated heterocycles. The van der Waals surface area contributed by atoms with E-state index < -0.39 is 18.0 Å². The largest absolute Gasteiger partial charge is 0.445 e. The van der Waals surface area contributed by atoms with Crippen molar-refractivity contribution in [3.05, 3.63) is 23.8 Å². The number of rotatable bonds is 4. The fourth-order valence-corrected chi connectivity index (χ4v) is 1.64. The van der Waals surface area contributed by atoms with Gasteiger partial charge < -0.3 is 10.1 Å². The van der Waals surface area contributed by atoms with E-state index in [9.17, 15) is 14.4 Å². The number of likely N-dealkylation sites (tertiary alicyclic amines) is 1. The Labute approximate surface area is 112 Å². The highest BCUT2D eigenvalue weighted by atomic mass is 16.5. The topological polar surface area (TPSA) is 75.7 Å². The van der Waals surface area contributed by atoms with Crippen molar-refractivity contribution in [1.29, 1.82) is 0 Å². The first-order valence-corrected chi connectivity index (χ1v) is 6.01. The van der Waals surface area contributed by atoms with E-state index in [1.807, 2.05) is 32.1 Å². The van der Waals surface area contributed by atoms with Crippen LogP contribution in [0.4, 0.5) is 4.79 Å². The molecule has 19 heavy (non-hydrogen) atoms. The standard InChI is InChI=1S/C13H18N2O4/c1-4-6-9(5-2)8-19-13(18)14-10-7-11(16)15(3)12(10)17/h4-6,10H,7-8H2,1-3H3,(H,14,18)/b6-4-,9-5+. The van der Waals surface area contributed by atoms with Gasteiger partial charge in [0.2, 0.25) is 5.91 Å². The highest BCUT2D eigenvalue weighted by molar-refractivity contribution is 6.06. The van der Waals surface area contributed by atoms with Crippen LogP contribution in [0.1, 0.15) is 20.3 Å². The minimum atomic E-state index is -0.819. The van der Waals surface area contributed by atoms with Crippen LogP contribution in [0.2, 0.25) is 0 Å². The van der Waals surface area contributed by atoms with Gasteiger partial charge in [0.15, 0.2) is 0 Å². The Morgan fingerprint density at radius 2 is 2.16 bits per heavy atom. The maximum atomic E-state index is 11.6. The smallest absolute Gasteiger partial charge is 0.408 e. The third kappa shape index (κ3) is 3.94. The van der Waals surface area contributed by atoms with Crippen molar-refractivity contribution < 1.29 is 19.1 Å². The molecule has 3 amide bonds. The summed E-state index contributed by atoms with van der Waals surface area (Å²) in [6.45, 7) is 3.82. The lowest BCUT2D eigenvalue weighted by Crippen LogP contribution is -2.41. The minimum absolute atomic E-state index is 0.0181. The Kier molecular flexibility index (Phi) is 5.29. The number of carbonyl (C=O) groups is 3. The summed E-state index contributed by atoms with van der Waals surface area (Å²) in [7, 11) is 1.39. The second kappa shape index (κ2) is 6.72. The molecule has 0 aromatic carbocycles. The molecule has 0 aromatic rings. The number of likely N-dealkylation sites (N-methyl/N-ethyl adjacent to an activating group) is 1. The quantitative estimate of drug-likeness (QED) is 0.608. The van der Waals surface area contributed by atoms with Crippen molar-refractivity contribution in [1.82, 2.24) is 10.2 Å². The van der Waals surface area contributed by atoms with E-state index in [-0.39, 0.29) is 18.9 Å². The van der Waals surface area contributed by atoms with Crippen LogP contribution < -0.4 is 5.32 Å². The number of nitrogens with zero attached hydrogens (tertiary/aromatic N) is 1. The molecule has 0 spiro atoms. The van der Waals surface area contributed by atoms with Crippen molar-refractivity contribution in [3.63, 3.8) is 0 Å². The molecule has 1 atom stereocenters. The van der Waals surface area contributed by atoms with Crippen LogP contribution in [0.3, 0.4) is 0 Å². The van der Waals surface area contributed by atoms with E-state index in [1.165, 1.54) is 7.05 Å². The van der Waals surface area contributed by atoms with Gasteiger partial charge in [0.05, 0.1) is 6.42 Å². The van der Waals surface area contributed by atoms with Crippen LogP contribution in [0, 0.1) is 0 Å². The number of hydrogen-bond donors (Lipinski definition) is 1. The average molecular weight is 266 g/mol. The van der Waals surface area contributed by atoms with E-state index in [0.717, 1.165) is 10.5 Å². The summed E-state index contributed by atoms with van der Waals surface area (Å²) in [6.07, 6.45) is 4.77. The van der Waals surface area contributed by atoms with E-state index in [1.54, 1.807) is 0 Å². The summed E-state index contributed by atoms with van der Waals surface area (Å²) in [5, 5.41) is 2.39. The second-order valence-electron chi connectivity index (χ2n) is 4.13. The van der Waals surface area contributed by atoms with E-state index >= 15 is 0 Å². The van der Waals surface area contributed by atoms with Crippen molar-refractivity contribution >= 4 is 17.9 Å². The monoisotopic (exact) mass is 266 g/mol. The summed E-state index contributed by atoms with van der Waals surface area (Å²) in [5.74, 6) is -0.722. The molecule has 1 rings (SSSR count). The van der Waals surface area contributed by atoms with Crippen LogP contribution in [0.5, 0.6) is 0 Å². The first-order chi connectivity index (χ1) is 8.99. The number of ether oxygens (including phenoxy) is 1. The molecule has 1 unspecified atom stereocenters. The lowest BCUT2D eigenvalue weighted by molar-refractivity contribution is -0.137. The zero-order chi connectivity index (χ0) is 14.4.